The molecule has 1 saturated heterocycles. The number of aromatic amines is 1. The number of pyridine rings is 1. The highest BCUT2D eigenvalue weighted by Gasteiger charge is 2.28. The molecule has 3 aromatic rings. The van der Waals surface area contributed by atoms with Crippen molar-refractivity contribution >= 4 is 5.69 Å². The van der Waals surface area contributed by atoms with Gasteiger partial charge in [-0.3, -0.25) is 9.88 Å². The Balaban J connectivity index is 1.58. The molecule has 1 aliphatic heterocycles. The van der Waals surface area contributed by atoms with Gasteiger partial charge in [0.25, 0.3) is 0 Å². The number of ether oxygens (including phenoxy) is 1. The average molecular weight is 440 g/mol. The Labute approximate surface area is 187 Å². The first-order chi connectivity index (χ1) is 15.4. The predicted molar refractivity (Wildman–Crippen MR) is 121 cm³/mol. The van der Waals surface area contributed by atoms with Crippen LogP contribution in [-0.2, 0) is 13.0 Å². The number of piperazine rings is 1. The van der Waals surface area contributed by atoms with Crippen molar-refractivity contribution in [2.24, 2.45) is 5.92 Å². The molecule has 3 heterocycles. The number of benzene rings is 1. The predicted octanol–water partition coefficient (Wildman–Crippen LogP) is 3.32. The molecule has 1 atom stereocenters. The number of H-pyrrole nitrogens is 1. The van der Waals surface area contributed by atoms with E-state index in [2.05, 4.69) is 62.2 Å². The molecule has 1 aromatic carbocycles. The lowest BCUT2D eigenvalue weighted by atomic mass is 9.98. The van der Waals surface area contributed by atoms with Gasteiger partial charge in [-0.25, -0.2) is 4.39 Å². The highest BCUT2D eigenvalue weighted by molar-refractivity contribution is 5.76. The normalized spacial score (nSPS) is 17.2. The Morgan fingerprint density at radius 3 is 2.78 bits per heavy atom. The van der Waals surface area contributed by atoms with Crippen LogP contribution in [0.5, 0.6) is 5.75 Å². The number of nitrogens with zero attached hydrogens (tertiary/aromatic N) is 6. The Hall–Kier alpha value is -3.07. The van der Waals surface area contributed by atoms with E-state index in [0.29, 0.717) is 11.5 Å². The van der Waals surface area contributed by atoms with Gasteiger partial charge >= 0.3 is 0 Å². The molecular weight excluding hydrogens is 409 g/mol. The van der Waals surface area contributed by atoms with Gasteiger partial charge in [-0.1, -0.05) is 13.8 Å². The van der Waals surface area contributed by atoms with E-state index in [1.54, 1.807) is 19.4 Å². The first kappa shape index (κ1) is 22.1. The zero-order valence-electron chi connectivity index (χ0n) is 19.0. The van der Waals surface area contributed by atoms with Crippen LogP contribution in [0.3, 0.4) is 0 Å². The highest BCUT2D eigenvalue weighted by atomic mass is 19.1. The van der Waals surface area contributed by atoms with Crippen molar-refractivity contribution in [3.63, 3.8) is 0 Å². The molecule has 9 heteroatoms. The molecule has 170 valence electrons. The van der Waals surface area contributed by atoms with E-state index < -0.39 is 0 Å². The maximum absolute atomic E-state index is 15.2. The number of aromatic nitrogens is 5. The molecule has 1 unspecified atom stereocenters. The second-order valence-electron chi connectivity index (χ2n) is 8.76. The van der Waals surface area contributed by atoms with E-state index in [9.17, 15) is 0 Å². The van der Waals surface area contributed by atoms with Crippen molar-refractivity contribution in [2.45, 2.75) is 39.8 Å². The van der Waals surface area contributed by atoms with Crippen LogP contribution in [0.2, 0.25) is 0 Å². The molecule has 0 spiro atoms. The summed E-state index contributed by atoms with van der Waals surface area (Å²) < 4.78 is 20.6. The minimum absolute atomic E-state index is 0.256. The van der Waals surface area contributed by atoms with Crippen molar-refractivity contribution in [1.29, 1.82) is 0 Å². The van der Waals surface area contributed by atoms with Crippen molar-refractivity contribution < 1.29 is 9.13 Å². The molecule has 1 N–H and O–H groups in total. The summed E-state index contributed by atoms with van der Waals surface area (Å²) in [5, 5.41) is 14.2. The molecular formula is C23H30FN7O. The summed E-state index contributed by atoms with van der Waals surface area (Å²) in [4.78, 5) is 9.10. The van der Waals surface area contributed by atoms with Gasteiger partial charge in [0.05, 0.1) is 24.1 Å². The average Bonchev–Trinajstić information content (AvgIpc) is 3.29. The topological polar surface area (TPSA) is 83.1 Å². The molecule has 2 aromatic heterocycles. The number of anilines is 1. The number of halogens is 1. The number of nitrogens with one attached hydrogen (secondary N) is 1. The van der Waals surface area contributed by atoms with Crippen LogP contribution in [-0.4, -0.2) is 63.3 Å². The van der Waals surface area contributed by atoms with Gasteiger partial charge in [0.2, 0.25) is 5.82 Å². The summed E-state index contributed by atoms with van der Waals surface area (Å²) >= 11 is 0. The third-order valence-corrected chi connectivity index (χ3v) is 5.84. The number of rotatable bonds is 7. The lowest BCUT2D eigenvalue weighted by molar-refractivity contribution is 0.179. The number of hydrogen-bond donors (Lipinski definition) is 1. The third kappa shape index (κ3) is 4.88. The zero-order chi connectivity index (χ0) is 22.7. The molecule has 32 heavy (non-hydrogen) atoms. The highest BCUT2D eigenvalue weighted by Crippen LogP contribution is 2.34. The van der Waals surface area contributed by atoms with Crippen LogP contribution < -0.4 is 9.64 Å². The van der Waals surface area contributed by atoms with E-state index in [1.807, 2.05) is 12.1 Å². The molecule has 1 aliphatic rings. The van der Waals surface area contributed by atoms with Crippen molar-refractivity contribution in [1.82, 2.24) is 30.5 Å². The fraction of sp³-hybridized carbons (Fsp3) is 0.478. The minimum atomic E-state index is -0.310. The summed E-state index contributed by atoms with van der Waals surface area (Å²) in [5.41, 5.74) is 3.19. The molecule has 0 radical (unpaired) electrons. The van der Waals surface area contributed by atoms with E-state index >= 15 is 4.39 Å². The van der Waals surface area contributed by atoms with Gasteiger partial charge in [0.15, 0.2) is 0 Å². The lowest BCUT2D eigenvalue weighted by Crippen LogP contribution is -2.51. The standard InChI is InChI=1S/C23H30FN7O/c1-15(2)9-17-10-20(24)22(23-26-28-29-27-23)21(11-17)31-8-7-30(16(3)13-31)14-18-12-19(32-4)5-6-25-18/h5-6,10-12,15-16H,7-9,13-14H2,1-4H3,(H,26,27,28,29). The number of tetrazole rings is 1. The quantitative estimate of drug-likeness (QED) is 0.605. The van der Waals surface area contributed by atoms with Gasteiger partial charge in [-0.05, 0) is 48.2 Å². The van der Waals surface area contributed by atoms with Gasteiger partial charge < -0.3 is 9.64 Å². The van der Waals surface area contributed by atoms with Gasteiger partial charge in [0.1, 0.15) is 11.6 Å². The Morgan fingerprint density at radius 1 is 1.25 bits per heavy atom. The molecule has 0 aliphatic carbocycles. The second kappa shape index (κ2) is 9.60. The first-order valence-corrected chi connectivity index (χ1v) is 11.0. The van der Waals surface area contributed by atoms with Crippen LogP contribution in [0.1, 0.15) is 32.0 Å². The van der Waals surface area contributed by atoms with E-state index in [-0.39, 0.29) is 17.7 Å². The first-order valence-electron chi connectivity index (χ1n) is 11.0. The summed E-state index contributed by atoms with van der Waals surface area (Å²) in [7, 11) is 1.66. The molecule has 4 rings (SSSR count). The Morgan fingerprint density at radius 2 is 2.09 bits per heavy atom. The van der Waals surface area contributed by atoms with Crippen molar-refractivity contribution in [2.75, 3.05) is 31.6 Å². The Kier molecular flexibility index (Phi) is 6.64. The maximum atomic E-state index is 15.2. The summed E-state index contributed by atoms with van der Waals surface area (Å²) in [6.07, 6.45) is 2.59. The van der Waals surface area contributed by atoms with E-state index in [1.165, 1.54) is 0 Å². The Bertz CT molecular complexity index is 1040. The molecule has 8 nitrogen and oxygen atoms in total. The summed E-state index contributed by atoms with van der Waals surface area (Å²) in [6, 6.07) is 7.76. The molecule has 0 amide bonds. The van der Waals surface area contributed by atoms with Gasteiger partial charge in [-0.2, -0.15) is 5.21 Å². The number of methoxy groups -OCH3 is 1. The fourth-order valence-corrected chi connectivity index (χ4v) is 4.30. The largest absolute Gasteiger partial charge is 0.497 e. The smallest absolute Gasteiger partial charge is 0.209 e. The summed E-state index contributed by atoms with van der Waals surface area (Å²) in [6.45, 7) is 9.57. The second-order valence-corrected chi connectivity index (χ2v) is 8.76. The third-order valence-electron chi connectivity index (χ3n) is 5.84. The van der Waals surface area contributed by atoms with Gasteiger partial charge in [-0.15, -0.1) is 10.2 Å². The van der Waals surface area contributed by atoms with Crippen LogP contribution in [0.15, 0.2) is 30.5 Å². The van der Waals surface area contributed by atoms with Crippen molar-refractivity contribution in [3.8, 4) is 17.1 Å². The monoisotopic (exact) mass is 439 g/mol. The van der Waals surface area contributed by atoms with E-state index in [4.69, 9.17) is 4.74 Å². The molecule has 0 bridgehead atoms. The van der Waals surface area contributed by atoms with Crippen LogP contribution >= 0.6 is 0 Å². The maximum Gasteiger partial charge on any atom is 0.209 e. The van der Waals surface area contributed by atoms with Gasteiger partial charge in [0, 0.05) is 44.5 Å². The van der Waals surface area contributed by atoms with Crippen LogP contribution in [0, 0.1) is 11.7 Å². The molecule has 1 fully saturated rings. The van der Waals surface area contributed by atoms with Crippen LogP contribution in [0.4, 0.5) is 10.1 Å². The minimum Gasteiger partial charge on any atom is -0.497 e. The summed E-state index contributed by atoms with van der Waals surface area (Å²) in [5.74, 6) is 1.22. The zero-order valence-corrected chi connectivity index (χ0v) is 19.0. The van der Waals surface area contributed by atoms with Crippen LogP contribution in [0.25, 0.3) is 11.4 Å². The lowest BCUT2D eigenvalue weighted by Gasteiger charge is -2.41. The fourth-order valence-electron chi connectivity index (χ4n) is 4.30. The molecule has 0 saturated carbocycles. The number of hydrogen-bond acceptors (Lipinski definition) is 7. The SMILES string of the molecule is COc1ccnc(CN2CCN(c3cc(CC(C)C)cc(F)c3-c3nn[nH]n3)CC2C)c1. The van der Waals surface area contributed by atoms with Crippen molar-refractivity contribution in [3.05, 3.63) is 47.5 Å². The van der Waals surface area contributed by atoms with E-state index in [0.717, 1.165) is 55.3 Å².